The Bertz CT molecular complexity index is 600. The number of benzene rings is 1. The Morgan fingerprint density at radius 2 is 1.87 bits per heavy atom. The minimum absolute atomic E-state index is 0. The zero-order chi connectivity index (χ0) is 15.7. The van der Waals surface area contributed by atoms with Gasteiger partial charge in [0.1, 0.15) is 6.54 Å². The van der Waals surface area contributed by atoms with Crippen LogP contribution in [0.3, 0.4) is 0 Å². The Kier molecular flexibility index (Phi) is 5.38. The number of hydrogen-bond acceptors (Lipinski definition) is 4. The number of nitrogens with zero attached hydrogens (tertiary/aromatic N) is 1. The highest BCUT2D eigenvalue weighted by molar-refractivity contribution is 6.22. The summed E-state index contributed by atoms with van der Waals surface area (Å²) in [6.07, 6.45) is 0.998. The summed E-state index contributed by atoms with van der Waals surface area (Å²) in [6.45, 7) is 3.53. The lowest BCUT2D eigenvalue weighted by Crippen LogP contribution is -2.52. The van der Waals surface area contributed by atoms with Gasteiger partial charge >= 0.3 is 0 Å². The average Bonchev–Trinajstić information content (AvgIpc) is 2.75. The second kappa shape index (κ2) is 7.10. The summed E-state index contributed by atoms with van der Waals surface area (Å²) in [5.41, 5.74) is 0.737. The first-order chi connectivity index (χ1) is 10.6. The normalized spacial score (nSPS) is 23.3. The van der Waals surface area contributed by atoms with Crippen LogP contribution in [-0.2, 0) is 4.79 Å². The number of amides is 3. The van der Waals surface area contributed by atoms with E-state index in [4.69, 9.17) is 0 Å². The Morgan fingerprint density at radius 3 is 2.43 bits per heavy atom. The Hall–Kier alpha value is -1.92. The fourth-order valence-corrected chi connectivity index (χ4v) is 2.96. The second-order valence-electron chi connectivity index (χ2n) is 5.89. The predicted octanol–water partition coefficient (Wildman–Crippen LogP) is 0.819. The molecule has 0 saturated carbocycles. The van der Waals surface area contributed by atoms with Crippen molar-refractivity contribution in [1.82, 2.24) is 15.5 Å². The number of halogens is 1. The van der Waals surface area contributed by atoms with Gasteiger partial charge in [0.05, 0.1) is 11.1 Å². The van der Waals surface area contributed by atoms with Crippen LogP contribution in [-0.4, -0.2) is 48.3 Å². The molecule has 0 aliphatic carbocycles. The Balaban J connectivity index is 0.00000192. The highest BCUT2D eigenvalue weighted by atomic mass is 35.5. The summed E-state index contributed by atoms with van der Waals surface area (Å²) < 4.78 is 0. The summed E-state index contributed by atoms with van der Waals surface area (Å²) in [4.78, 5) is 37.6. The maximum Gasteiger partial charge on any atom is 0.262 e. The summed E-state index contributed by atoms with van der Waals surface area (Å²) in [7, 11) is 0. The molecule has 124 valence electrons. The fraction of sp³-hybridized carbons (Fsp3) is 0.438. The van der Waals surface area contributed by atoms with Crippen molar-refractivity contribution in [2.45, 2.75) is 19.4 Å². The van der Waals surface area contributed by atoms with Gasteiger partial charge in [-0.1, -0.05) is 19.1 Å². The molecule has 0 bridgehead atoms. The van der Waals surface area contributed by atoms with Crippen molar-refractivity contribution in [2.24, 2.45) is 5.92 Å². The molecule has 2 aliphatic heterocycles. The number of hydrogen-bond donors (Lipinski definition) is 2. The molecule has 1 fully saturated rings. The van der Waals surface area contributed by atoms with Gasteiger partial charge in [0.25, 0.3) is 11.8 Å². The van der Waals surface area contributed by atoms with E-state index in [1.54, 1.807) is 24.3 Å². The Morgan fingerprint density at radius 1 is 1.26 bits per heavy atom. The van der Waals surface area contributed by atoms with Crippen molar-refractivity contribution in [2.75, 3.05) is 19.6 Å². The van der Waals surface area contributed by atoms with Crippen LogP contribution in [0.5, 0.6) is 0 Å². The van der Waals surface area contributed by atoms with Crippen LogP contribution in [0, 0.1) is 5.92 Å². The number of carbonyl (C=O) groups excluding carboxylic acids is 3. The second-order valence-corrected chi connectivity index (χ2v) is 5.89. The van der Waals surface area contributed by atoms with Crippen LogP contribution in [0.25, 0.3) is 0 Å². The molecular weight excluding hydrogens is 318 g/mol. The topological polar surface area (TPSA) is 78.5 Å². The SMILES string of the molecule is CC1CCNCC1NC(=O)CN1C(=O)c2ccccc2C1=O.Cl. The number of fused-ring (bicyclic) bond motifs is 1. The smallest absolute Gasteiger partial charge is 0.262 e. The first kappa shape index (κ1) is 17.4. The first-order valence-electron chi connectivity index (χ1n) is 7.53. The lowest BCUT2D eigenvalue weighted by Gasteiger charge is -2.30. The van der Waals surface area contributed by atoms with E-state index in [2.05, 4.69) is 17.6 Å². The molecule has 6 nitrogen and oxygen atoms in total. The van der Waals surface area contributed by atoms with Gasteiger partial charge in [-0.3, -0.25) is 19.3 Å². The number of nitrogens with one attached hydrogen (secondary N) is 2. The van der Waals surface area contributed by atoms with Crippen molar-refractivity contribution in [1.29, 1.82) is 0 Å². The van der Waals surface area contributed by atoms with Crippen LogP contribution in [0.15, 0.2) is 24.3 Å². The summed E-state index contributed by atoms with van der Waals surface area (Å²) in [5, 5.41) is 6.15. The molecule has 0 radical (unpaired) electrons. The maximum atomic E-state index is 12.2. The molecule has 1 aromatic carbocycles. The molecule has 0 aromatic heterocycles. The van der Waals surface area contributed by atoms with Crippen molar-refractivity contribution < 1.29 is 14.4 Å². The minimum atomic E-state index is -0.398. The van der Waals surface area contributed by atoms with Crippen LogP contribution in [0.1, 0.15) is 34.1 Å². The number of piperidine rings is 1. The molecule has 2 heterocycles. The predicted molar refractivity (Wildman–Crippen MR) is 87.6 cm³/mol. The Labute approximate surface area is 141 Å². The standard InChI is InChI=1S/C16H19N3O3.ClH/c1-10-6-7-17-8-13(10)18-14(20)9-19-15(21)11-4-2-3-5-12(11)16(19)22;/h2-5,10,13,17H,6-9H2,1H3,(H,18,20);1H. The monoisotopic (exact) mass is 337 g/mol. The van der Waals surface area contributed by atoms with Crippen molar-refractivity contribution in [3.8, 4) is 0 Å². The zero-order valence-electron chi connectivity index (χ0n) is 12.9. The van der Waals surface area contributed by atoms with E-state index in [-0.39, 0.29) is 30.9 Å². The van der Waals surface area contributed by atoms with E-state index >= 15 is 0 Å². The molecule has 23 heavy (non-hydrogen) atoms. The average molecular weight is 338 g/mol. The van der Waals surface area contributed by atoms with E-state index in [1.165, 1.54) is 0 Å². The van der Waals surface area contributed by atoms with Crippen molar-refractivity contribution >= 4 is 30.1 Å². The third-order valence-corrected chi connectivity index (χ3v) is 4.35. The van der Waals surface area contributed by atoms with Crippen LogP contribution >= 0.6 is 12.4 Å². The highest BCUT2D eigenvalue weighted by Gasteiger charge is 2.36. The summed E-state index contributed by atoms with van der Waals surface area (Å²) >= 11 is 0. The summed E-state index contributed by atoms with van der Waals surface area (Å²) in [6, 6.07) is 6.68. The number of rotatable bonds is 3. The molecule has 7 heteroatoms. The van der Waals surface area contributed by atoms with Gasteiger partial charge in [-0.05, 0) is 31.0 Å². The molecule has 2 atom stereocenters. The maximum absolute atomic E-state index is 12.2. The lowest BCUT2D eigenvalue weighted by molar-refractivity contribution is -0.122. The van der Waals surface area contributed by atoms with E-state index in [1.807, 2.05) is 0 Å². The molecular formula is C16H20ClN3O3. The highest BCUT2D eigenvalue weighted by Crippen LogP contribution is 2.22. The quantitative estimate of drug-likeness (QED) is 0.800. The van der Waals surface area contributed by atoms with E-state index in [0.29, 0.717) is 17.0 Å². The molecule has 2 N–H and O–H groups in total. The third-order valence-electron chi connectivity index (χ3n) is 4.35. The fourth-order valence-electron chi connectivity index (χ4n) is 2.96. The number of carbonyl (C=O) groups is 3. The molecule has 3 amide bonds. The van der Waals surface area contributed by atoms with Crippen LogP contribution < -0.4 is 10.6 Å². The summed E-state index contributed by atoms with van der Waals surface area (Å²) in [5.74, 6) is -0.710. The van der Waals surface area contributed by atoms with Crippen LogP contribution in [0.4, 0.5) is 0 Å². The van der Waals surface area contributed by atoms with Gasteiger partial charge in [0.15, 0.2) is 0 Å². The van der Waals surface area contributed by atoms with Crippen molar-refractivity contribution in [3.63, 3.8) is 0 Å². The van der Waals surface area contributed by atoms with Crippen molar-refractivity contribution in [3.05, 3.63) is 35.4 Å². The van der Waals surface area contributed by atoms with Gasteiger partial charge in [0, 0.05) is 12.6 Å². The van der Waals surface area contributed by atoms with Crippen LogP contribution in [0.2, 0.25) is 0 Å². The molecule has 0 spiro atoms. The lowest BCUT2D eigenvalue weighted by atomic mass is 9.95. The van der Waals surface area contributed by atoms with E-state index < -0.39 is 11.8 Å². The first-order valence-corrected chi connectivity index (χ1v) is 7.53. The van der Waals surface area contributed by atoms with Gasteiger partial charge in [0.2, 0.25) is 5.91 Å². The zero-order valence-corrected chi connectivity index (χ0v) is 13.7. The van der Waals surface area contributed by atoms with E-state index in [9.17, 15) is 14.4 Å². The molecule has 2 aliphatic rings. The molecule has 1 saturated heterocycles. The molecule has 1 aromatic rings. The molecule has 2 unspecified atom stereocenters. The molecule has 3 rings (SSSR count). The number of imide groups is 1. The minimum Gasteiger partial charge on any atom is -0.350 e. The van der Waals surface area contributed by atoms with Gasteiger partial charge in [-0.15, -0.1) is 12.4 Å². The largest absolute Gasteiger partial charge is 0.350 e. The van der Waals surface area contributed by atoms with E-state index in [0.717, 1.165) is 24.4 Å². The third kappa shape index (κ3) is 3.38. The van der Waals surface area contributed by atoms with Gasteiger partial charge in [-0.2, -0.15) is 0 Å². The van der Waals surface area contributed by atoms with Gasteiger partial charge < -0.3 is 10.6 Å². The van der Waals surface area contributed by atoms with Gasteiger partial charge in [-0.25, -0.2) is 0 Å².